The van der Waals surface area contributed by atoms with Gasteiger partial charge in [-0.25, -0.2) is 4.79 Å². The third-order valence-electron chi connectivity index (χ3n) is 1.16. The maximum absolute atomic E-state index is 10.00. The van der Waals surface area contributed by atoms with Crippen LogP contribution in [0.1, 0.15) is 19.8 Å². The number of carboxylic acids is 1. The van der Waals surface area contributed by atoms with Crippen molar-refractivity contribution in [3.63, 3.8) is 0 Å². The van der Waals surface area contributed by atoms with E-state index in [1.165, 1.54) is 6.08 Å². The highest BCUT2D eigenvalue weighted by atomic mass is 16.4. The van der Waals surface area contributed by atoms with Gasteiger partial charge in [-0.05, 0) is 6.42 Å². The summed E-state index contributed by atoms with van der Waals surface area (Å²) in [5.41, 5.74) is 0. The van der Waals surface area contributed by atoms with Gasteiger partial charge in [0.2, 0.25) is 0 Å². The molecule has 0 saturated carbocycles. The molecule has 0 aromatic heterocycles. The standard InChI is InChI=1S/C10H14O2/c1-2-3-4-5-6-7-8-9-10(11)12/h4-9H,2-3H2,1H3,(H,11,12)/b5-4+,7-6+,9-8-. The Kier molecular flexibility index (Phi) is 6.94. The van der Waals surface area contributed by atoms with Gasteiger partial charge >= 0.3 is 5.97 Å². The Balaban J connectivity index is 3.56. The van der Waals surface area contributed by atoms with Crippen LogP contribution in [0, 0.1) is 0 Å². The Labute approximate surface area is 72.9 Å². The number of unbranched alkanes of at least 4 members (excludes halogenated alkanes) is 1. The maximum Gasteiger partial charge on any atom is 0.328 e. The molecule has 0 aliphatic heterocycles. The van der Waals surface area contributed by atoms with Gasteiger partial charge in [-0.1, -0.05) is 43.7 Å². The van der Waals surface area contributed by atoms with Crippen molar-refractivity contribution >= 4 is 5.97 Å². The lowest BCUT2D eigenvalue weighted by Gasteiger charge is -1.79. The number of rotatable bonds is 5. The van der Waals surface area contributed by atoms with Gasteiger partial charge in [0.15, 0.2) is 0 Å². The number of hydrogen-bond acceptors (Lipinski definition) is 1. The summed E-state index contributed by atoms with van der Waals surface area (Å²) >= 11 is 0. The summed E-state index contributed by atoms with van der Waals surface area (Å²) in [4.78, 5) is 10.00. The summed E-state index contributed by atoms with van der Waals surface area (Å²) in [5.74, 6) is -0.919. The van der Waals surface area contributed by atoms with E-state index >= 15 is 0 Å². The van der Waals surface area contributed by atoms with E-state index in [0.29, 0.717) is 0 Å². The molecule has 0 atom stereocenters. The van der Waals surface area contributed by atoms with Crippen molar-refractivity contribution in [2.75, 3.05) is 0 Å². The number of carboxylic acid groups (broad SMARTS) is 1. The molecule has 0 spiro atoms. The predicted octanol–water partition coefficient (Wildman–Crippen LogP) is 2.54. The fourth-order valence-corrected chi connectivity index (χ4v) is 0.608. The van der Waals surface area contributed by atoms with E-state index in [4.69, 9.17) is 5.11 Å². The Bertz CT molecular complexity index is 200. The number of aliphatic carboxylic acids is 1. The molecule has 0 bridgehead atoms. The summed E-state index contributed by atoms with van der Waals surface area (Å²) in [5, 5.41) is 8.22. The Morgan fingerprint density at radius 2 is 1.92 bits per heavy atom. The zero-order valence-corrected chi connectivity index (χ0v) is 7.23. The van der Waals surface area contributed by atoms with Crippen molar-refractivity contribution in [2.45, 2.75) is 19.8 Å². The van der Waals surface area contributed by atoms with Gasteiger partial charge in [0.1, 0.15) is 0 Å². The molecule has 0 aliphatic rings. The molecule has 0 aromatic rings. The average Bonchev–Trinajstić information content (AvgIpc) is 2.02. The minimum Gasteiger partial charge on any atom is -0.478 e. The van der Waals surface area contributed by atoms with Gasteiger partial charge in [0.25, 0.3) is 0 Å². The second-order valence-corrected chi connectivity index (χ2v) is 2.30. The molecule has 1 N–H and O–H groups in total. The van der Waals surface area contributed by atoms with Crippen molar-refractivity contribution in [3.05, 3.63) is 36.5 Å². The van der Waals surface area contributed by atoms with Crippen molar-refractivity contribution in [1.82, 2.24) is 0 Å². The quantitative estimate of drug-likeness (QED) is 0.503. The van der Waals surface area contributed by atoms with Gasteiger partial charge in [0.05, 0.1) is 0 Å². The van der Waals surface area contributed by atoms with Crippen LogP contribution in [0.25, 0.3) is 0 Å². The molecule has 2 heteroatoms. The molecule has 0 aliphatic carbocycles. The zero-order valence-electron chi connectivity index (χ0n) is 7.23. The van der Waals surface area contributed by atoms with Crippen LogP contribution < -0.4 is 0 Å². The molecule has 0 radical (unpaired) electrons. The highest BCUT2D eigenvalue weighted by Gasteiger charge is 1.79. The smallest absolute Gasteiger partial charge is 0.328 e. The monoisotopic (exact) mass is 166 g/mol. The lowest BCUT2D eigenvalue weighted by molar-refractivity contribution is -0.131. The average molecular weight is 166 g/mol. The first-order valence-electron chi connectivity index (χ1n) is 4.00. The fourth-order valence-electron chi connectivity index (χ4n) is 0.608. The van der Waals surface area contributed by atoms with Crippen LogP contribution in [-0.4, -0.2) is 11.1 Å². The van der Waals surface area contributed by atoms with E-state index in [-0.39, 0.29) is 0 Å². The van der Waals surface area contributed by atoms with Crippen molar-refractivity contribution in [2.24, 2.45) is 0 Å². The number of carbonyl (C=O) groups is 1. The fraction of sp³-hybridized carbons (Fsp3) is 0.300. The first kappa shape index (κ1) is 10.7. The van der Waals surface area contributed by atoms with Crippen LogP contribution in [0.2, 0.25) is 0 Å². The normalized spacial score (nSPS) is 12.1. The largest absolute Gasteiger partial charge is 0.478 e. The summed E-state index contributed by atoms with van der Waals surface area (Å²) in [6.45, 7) is 2.11. The Hall–Kier alpha value is -1.31. The van der Waals surface area contributed by atoms with E-state index < -0.39 is 5.97 Å². The topological polar surface area (TPSA) is 37.3 Å². The molecule has 66 valence electrons. The molecule has 0 aromatic carbocycles. The molecular weight excluding hydrogens is 152 g/mol. The van der Waals surface area contributed by atoms with E-state index in [2.05, 4.69) is 6.92 Å². The Morgan fingerprint density at radius 1 is 1.25 bits per heavy atom. The predicted molar refractivity (Wildman–Crippen MR) is 50.0 cm³/mol. The first-order valence-corrected chi connectivity index (χ1v) is 4.00. The number of hydrogen-bond donors (Lipinski definition) is 1. The second-order valence-electron chi connectivity index (χ2n) is 2.30. The lowest BCUT2D eigenvalue weighted by Crippen LogP contribution is -1.84. The van der Waals surface area contributed by atoms with Gasteiger partial charge in [-0.2, -0.15) is 0 Å². The van der Waals surface area contributed by atoms with Crippen LogP contribution in [0.3, 0.4) is 0 Å². The third-order valence-corrected chi connectivity index (χ3v) is 1.16. The third kappa shape index (κ3) is 8.69. The molecule has 0 amide bonds. The molecular formula is C10H14O2. The van der Waals surface area contributed by atoms with Crippen LogP contribution in [0.15, 0.2) is 36.5 Å². The second kappa shape index (κ2) is 7.79. The van der Waals surface area contributed by atoms with Crippen LogP contribution in [0.4, 0.5) is 0 Å². The van der Waals surface area contributed by atoms with E-state index in [1.54, 1.807) is 6.08 Å². The SMILES string of the molecule is CCC/C=C/C=C/C=C\C(=O)O. The van der Waals surface area contributed by atoms with Gasteiger partial charge < -0.3 is 5.11 Å². The summed E-state index contributed by atoms with van der Waals surface area (Å²) in [6.07, 6.45) is 12.3. The first-order chi connectivity index (χ1) is 5.77. The molecule has 0 rings (SSSR count). The van der Waals surface area contributed by atoms with Gasteiger partial charge in [-0.3, -0.25) is 0 Å². The molecule has 0 unspecified atom stereocenters. The van der Waals surface area contributed by atoms with Crippen molar-refractivity contribution in [3.8, 4) is 0 Å². The van der Waals surface area contributed by atoms with Gasteiger partial charge in [0, 0.05) is 6.08 Å². The van der Waals surface area contributed by atoms with E-state index in [1.807, 2.05) is 18.2 Å². The summed E-state index contributed by atoms with van der Waals surface area (Å²) in [7, 11) is 0. The Morgan fingerprint density at radius 3 is 2.50 bits per heavy atom. The van der Waals surface area contributed by atoms with E-state index in [0.717, 1.165) is 18.9 Å². The molecule has 2 nitrogen and oxygen atoms in total. The highest BCUT2D eigenvalue weighted by molar-refractivity contribution is 5.80. The lowest BCUT2D eigenvalue weighted by atomic mass is 10.3. The highest BCUT2D eigenvalue weighted by Crippen LogP contribution is 1.88. The van der Waals surface area contributed by atoms with Crippen LogP contribution in [0.5, 0.6) is 0 Å². The minimum atomic E-state index is -0.919. The summed E-state index contributed by atoms with van der Waals surface area (Å²) in [6, 6.07) is 0. The van der Waals surface area contributed by atoms with Crippen LogP contribution in [-0.2, 0) is 4.79 Å². The molecule has 12 heavy (non-hydrogen) atoms. The molecule has 0 heterocycles. The van der Waals surface area contributed by atoms with Crippen molar-refractivity contribution in [1.29, 1.82) is 0 Å². The minimum absolute atomic E-state index is 0.919. The van der Waals surface area contributed by atoms with Gasteiger partial charge in [-0.15, -0.1) is 0 Å². The maximum atomic E-state index is 10.00. The van der Waals surface area contributed by atoms with Crippen LogP contribution >= 0.6 is 0 Å². The zero-order chi connectivity index (χ0) is 9.23. The van der Waals surface area contributed by atoms with E-state index in [9.17, 15) is 4.79 Å². The number of allylic oxidation sites excluding steroid dienone is 5. The van der Waals surface area contributed by atoms with Crippen molar-refractivity contribution < 1.29 is 9.90 Å². The molecule has 0 saturated heterocycles. The summed E-state index contributed by atoms with van der Waals surface area (Å²) < 4.78 is 0. The molecule has 0 fully saturated rings.